The molecule has 0 unspecified atom stereocenters. The van der Waals surface area contributed by atoms with E-state index in [0.717, 1.165) is 9.26 Å². The van der Waals surface area contributed by atoms with E-state index in [1.807, 2.05) is 36.4 Å². The number of hydrogen-bond donors (Lipinski definition) is 0. The molecule has 0 saturated carbocycles. The van der Waals surface area contributed by atoms with E-state index in [2.05, 4.69) is 27.6 Å². The Labute approximate surface area is 129 Å². The highest BCUT2D eigenvalue weighted by atomic mass is 127. The van der Waals surface area contributed by atoms with Gasteiger partial charge in [-0.2, -0.15) is 0 Å². The van der Waals surface area contributed by atoms with Crippen LogP contribution in [-0.2, 0) is 0 Å². The maximum absolute atomic E-state index is 12.3. The SMILES string of the molecule is O=c1c(C=Nc2cccc(I)c2)coc2ccccc12. The van der Waals surface area contributed by atoms with Gasteiger partial charge in [0.05, 0.1) is 16.6 Å². The third-order valence-electron chi connectivity index (χ3n) is 2.87. The number of nitrogens with zero attached hydrogens (tertiary/aromatic N) is 1. The molecule has 98 valence electrons. The fourth-order valence-electron chi connectivity index (χ4n) is 1.88. The van der Waals surface area contributed by atoms with Gasteiger partial charge in [-0.1, -0.05) is 18.2 Å². The Balaban J connectivity index is 2.03. The summed E-state index contributed by atoms with van der Waals surface area (Å²) in [5.41, 5.74) is 1.78. The van der Waals surface area contributed by atoms with Crippen molar-refractivity contribution in [1.82, 2.24) is 0 Å². The number of hydrogen-bond acceptors (Lipinski definition) is 3. The van der Waals surface area contributed by atoms with E-state index in [0.29, 0.717) is 16.5 Å². The Morgan fingerprint density at radius 3 is 2.80 bits per heavy atom. The van der Waals surface area contributed by atoms with E-state index in [4.69, 9.17) is 4.42 Å². The molecule has 0 spiro atoms. The number of benzene rings is 2. The summed E-state index contributed by atoms with van der Waals surface area (Å²) in [6, 6.07) is 14.9. The normalized spacial score (nSPS) is 11.2. The fraction of sp³-hybridized carbons (Fsp3) is 0. The minimum absolute atomic E-state index is 0.0683. The number of para-hydroxylation sites is 1. The smallest absolute Gasteiger partial charge is 0.201 e. The van der Waals surface area contributed by atoms with Gasteiger partial charge >= 0.3 is 0 Å². The Morgan fingerprint density at radius 1 is 1.10 bits per heavy atom. The molecule has 1 heterocycles. The minimum Gasteiger partial charge on any atom is -0.463 e. The van der Waals surface area contributed by atoms with Crippen LogP contribution in [0.5, 0.6) is 0 Å². The van der Waals surface area contributed by atoms with Crippen molar-refractivity contribution in [1.29, 1.82) is 0 Å². The van der Waals surface area contributed by atoms with Gasteiger partial charge in [-0.3, -0.25) is 9.79 Å². The monoisotopic (exact) mass is 375 g/mol. The van der Waals surface area contributed by atoms with Crippen molar-refractivity contribution in [3.8, 4) is 0 Å². The van der Waals surface area contributed by atoms with Crippen LogP contribution in [0.3, 0.4) is 0 Å². The summed E-state index contributed by atoms with van der Waals surface area (Å²) in [5.74, 6) is 0. The lowest BCUT2D eigenvalue weighted by Crippen LogP contribution is -2.07. The Kier molecular flexibility index (Phi) is 3.64. The lowest BCUT2D eigenvalue weighted by Gasteiger charge is -1.98. The van der Waals surface area contributed by atoms with Crippen LogP contribution in [-0.4, -0.2) is 6.21 Å². The van der Waals surface area contributed by atoms with Gasteiger partial charge in [-0.05, 0) is 52.9 Å². The van der Waals surface area contributed by atoms with Crippen molar-refractivity contribution < 1.29 is 4.42 Å². The zero-order valence-corrected chi connectivity index (χ0v) is 12.6. The summed E-state index contributed by atoms with van der Waals surface area (Å²) in [6.07, 6.45) is 2.99. The summed E-state index contributed by atoms with van der Waals surface area (Å²) in [4.78, 5) is 16.6. The van der Waals surface area contributed by atoms with Crippen molar-refractivity contribution in [2.24, 2.45) is 4.99 Å². The minimum atomic E-state index is -0.0683. The van der Waals surface area contributed by atoms with Gasteiger partial charge in [0.25, 0.3) is 0 Å². The summed E-state index contributed by atoms with van der Waals surface area (Å²) >= 11 is 2.22. The fourth-order valence-corrected chi connectivity index (χ4v) is 2.41. The average Bonchev–Trinajstić information content (AvgIpc) is 2.47. The molecule has 1 aromatic heterocycles. The highest BCUT2D eigenvalue weighted by Gasteiger charge is 2.04. The Morgan fingerprint density at radius 2 is 1.95 bits per heavy atom. The molecule has 3 aromatic rings. The van der Waals surface area contributed by atoms with Crippen LogP contribution in [0.4, 0.5) is 5.69 Å². The first-order chi connectivity index (χ1) is 9.74. The number of aliphatic imine (C=N–C) groups is 1. The van der Waals surface area contributed by atoms with Crippen LogP contribution in [0.2, 0.25) is 0 Å². The predicted molar refractivity (Wildman–Crippen MR) is 88.9 cm³/mol. The van der Waals surface area contributed by atoms with Crippen molar-refractivity contribution in [2.75, 3.05) is 0 Å². The summed E-state index contributed by atoms with van der Waals surface area (Å²) in [6.45, 7) is 0. The maximum Gasteiger partial charge on any atom is 0.201 e. The summed E-state index contributed by atoms with van der Waals surface area (Å²) in [7, 11) is 0. The summed E-state index contributed by atoms with van der Waals surface area (Å²) in [5, 5.41) is 0.569. The van der Waals surface area contributed by atoms with Gasteiger partial charge < -0.3 is 4.42 Å². The van der Waals surface area contributed by atoms with Crippen molar-refractivity contribution >= 4 is 45.5 Å². The zero-order valence-electron chi connectivity index (χ0n) is 10.4. The molecule has 3 rings (SSSR count). The lowest BCUT2D eigenvalue weighted by molar-refractivity contribution is 0.601. The second-order valence-electron chi connectivity index (χ2n) is 4.25. The van der Waals surface area contributed by atoms with Gasteiger partial charge in [0.15, 0.2) is 0 Å². The van der Waals surface area contributed by atoms with E-state index in [9.17, 15) is 4.79 Å². The van der Waals surface area contributed by atoms with Gasteiger partial charge in [-0.15, -0.1) is 0 Å². The quantitative estimate of drug-likeness (QED) is 0.499. The van der Waals surface area contributed by atoms with E-state index >= 15 is 0 Å². The number of fused-ring (bicyclic) bond motifs is 1. The highest BCUT2D eigenvalue weighted by molar-refractivity contribution is 14.1. The van der Waals surface area contributed by atoms with Crippen LogP contribution in [0.15, 0.2) is 69.0 Å². The van der Waals surface area contributed by atoms with Crippen molar-refractivity contribution in [3.05, 3.63) is 74.2 Å². The predicted octanol–water partition coefficient (Wildman–Crippen LogP) is 4.15. The molecule has 0 bridgehead atoms. The molecule has 0 fully saturated rings. The van der Waals surface area contributed by atoms with E-state index in [1.165, 1.54) is 6.26 Å². The Bertz CT molecular complexity index is 852. The van der Waals surface area contributed by atoms with Crippen LogP contribution in [0.25, 0.3) is 11.0 Å². The standard InChI is InChI=1S/C16H10INO2/c17-12-4-3-5-13(8-12)18-9-11-10-20-15-7-2-1-6-14(15)16(11)19/h1-10H. The molecule has 0 saturated heterocycles. The molecule has 0 N–H and O–H groups in total. The third kappa shape index (κ3) is 2.65. The third-order valence-corrected chi connectivity index (χ3v) is 3.54. The average molecular weight is 375 g/mol. The van der Waals surface area contributed by atoms with Crippen LogP contribution < -0.4 is 5.43 Å². The number of halogens is 1. The molecule has 0 amide bonds. The van der Waals surface area contributed by atoms with E-state index in [1.54, 1.807) is 18.3 Å². The first-order valence-electron chi connectivity index (χ1n) is 6.04. The van der Waals surface area contributed by atoms with Gasteiger partial charge in [-0.25, -0.2) is 0 Å². The molecular weight excluding hydrogens is 365 g/mol. The van der Waals surface area contributed by atoms with Gasteiger partial charge in [0.2, 0.25) is 5.43 Å². The van der Waals surface area contributed by atoms with Crippen LogP contribution in [0, 0.1) is 3.57 Å². The molecule has 0 aliphatic carbocycles. The van der Waals surface area contributed by atoms with E-state index in [-0.39, 0.29) is 5.43 Å². The highest BCUT2D eigenvalue weighted by Crippen LogP contribution is 2.15. The van der Waals surface area contributed by atoms with Crippen LogP contribution in [0.1, 0.15) is 5.56 Å². The first-order valence-corrected chi connectivity index (χ1v) is 7.12. The largest absolute Gasteiger partial charge is 0.463 e. The molecule has 0 atom stereocenters. The Hall–Kier alpha value is -1.95. The van der Waals surface area contributed by atoms with Gasteiger partial charge in [0.1, 0.15) is 11.8 Å². The van der Waals surface area contributed by atoms with E-state index < -0.39 is 0 Å². The van der Waals surface area contributed by atoms with Crippen LogP contribution >= 0.6 is 22.6 Å². The molecule has 0 aliphatic heterocycles. The zero-order chi connectivity index (χ0) is 13.9. The second kappa shape index (κ2) is 5.58. The molecule has 0 radical (unpaired) electrons. The van der Waals surface area contributed by atoms with Crippen molar-refractivity contribution in [2.45, 2.75) is 0 Å². The number of rotatable bonds is 2. The topological polar surface area (TPSA) is 42.6 Å². The second-order valence-corrected chi connectivity index (χ2v) is 5.50. The summed E-state index contributed by atoms with van der Waals surface area (Å²) < 4.78 is 6.54. The lowest BCUT2D eigenvalue weighted by atomic mass is 10.2. The van der Waals surface area contributed by atoms with Gasteiger partial charge in [0, 0.05) is 9.78 Å². The molecular formula is C16H10INO2. The molecule has 4 heteroatoms. The molecule has 0 aliphatic rings. The first kappa shape index (κ1) is 13.1. The molecule has 3 nitrogen and oxygen atoms in total. The molecule has 2 aromatic carbocycles. The molecule has 20 heavy (non-hydrogen) atoms. The van der Waals surface area contributed by atoms with Crippen molar-refractivity contribution in [3.63, 3.8) is 0 Å². The maximum atomic E-state index is 12.3.